The minimum Gasteiger partial charge on any atom is -0.357 e. The Balaban J connectivity index is 0.000000970. The van der Waals surface area contributed by atoms with Gasteiger partial charge in [-0.3, -0.25) is 0 Å². The second-order valence-corrected chi connectivity index (χ2v) is 8.05. The van der Waals surface area contributed by atoms with Gasteiger partial charge in [-0.05, 0) is 43.5 Å². The summed E-state index contributed by atoms with van der Waals surface area (Å²) in [6.07, 6.45) is 7.09. The summed E-state index contributed by atoms with van der Waals surface area (Å²) < 4.78 is 29.1. The Kier molecular flexibility index (Phi) is 11.2. The summed E-state index contributed by atoms with van der Waals surface area (Å²) in [7, 11) is 0. The lowest BCUT2D eigenvalue weighted by molar-refractivity contribution is 0.512. The van der Waals surface area contributed by atoms with Gasteiger partial charge in [-0.25, -0.2) is 16.7 Å². The first-order valence-electron chi connectivity index (χ1n) is 11.7. The fraction of sp³-hybridized carbons (Fsp3) is 0.360. The quantitative estimate of drug-likeness (QED) is 0.293. The van der Waals surface area contributed by atoms with Gasteiger partial charge in [-0.15, -0.1) is 0 Å². The first-order chi connectivity index (χ1) is 16.5. The number of hydrogen-bond donors (Lipinski definition) is 2. The number of benzene rings is 1. The van der Waals surface area contributed by atoms with Crippen molar-refractivity contribution in [2.45, 2.75) is 47.0 Å². The van der Waals surface area contributed by atoms with E-state index in [1.807, 2.05) is 62.7 Å². The Morgan fingerprint density at radius 3 is 2.35 bits per heavy atom. The van der Waals surface area contributed by atoms with Crippen LogP contribution < -0.4 is 15.5 Å². The molecule has 0 spiro atoms. The summed E-state index contributed by atoms with van der Waals surface area (Å²) in [5, 5.41) is 10.5. The summed E-state index contributed by atoms with van der Waals surface area (Å²) in [4.78, 5) is 6.84. The fourth-order valence-corrected chi connectivity index (χ4v) is 3.90. The van der Waals surface area contributed by atoms with E-state index in [0.717, 1.165) is 30.7 Å². The third kappa shape index (κ3) is 7.15. The number of hydrogen-bond acceptors (Lipinski definition) is 5. The number of piperidine rings is 1. The van der Waals surface area contributed by atoms with E-state index in [0.29, 0.717) is 17.1 Å². The van der Waals surface area contributed by atoms with Gasteiger partial charge < -0.3 is 15.5 Å². The monoisotopic (exact) mass is 582 g/mol. The van der Waals surface area contributed by atoms with E-state index < -0.39 is 11.6 Å². The van der Waals surface area contributed by atoms with Crippen LogP contribution in [-0.2, 0) is 0 Å². The molecule has 1 aromatic carbocycles. The molecule has 2 N–H and O–H groups in total. The van der Waals surface area contributed by atoms with E-state index in [-0.39, 0.29) is 5.69 Å². The van der Waals surface area contributed by atoms with Crippen LogP contribution in [0.3, 0.4) is 0 Å². The molecule has 1 aliphatic rings. The molecular weight excluding hydrogens is 549 g/mol. The van der Waals surface area contributed by atoms with Crippen molar-refractivity contribution in [2.75, 3.05) is 28.6 Å². The average molecular weight is 582 g/mol. The third-order valence-electron chi connectivity index (χ3n) is 4.92. The fourth-order valence-electron chi connectivity index (χ4n) is 3.41. The average Bonchev–Trinajstić information content (AvgIpc) is 3.25. The van der Waals surface area contributed by atoms with Crippen molar-refractivity contribution < 1.29 is 8.78 Å². The van der Waals surface area contributed by atoms with Gasteiger partial charge >= 0.3 is 0 Å². The minimum atomic E-state index is -0.944. The lowest BCUT2D eigenvalue weighted by Crippen LogP contribution is -2.30. The molecule has 9 heteroatoms. The van der Waals surface area contributed by atoms with Gasteiger partial charge in [0, 0.05) is 13.1 Å². The number of anilines is 4. The van der Waals surface area contributed by atoms with Gasteiger partial charge in [0.05, 0.1) is 58.0 Å². The van der Waals surface area contributed by atoms with Crippen LogP contribution in [0.4, 0.5) is 31.7 Å². The van der Waals surface area contributed by atoms with Crippen LogP contribution in [0, 0.1) is 11.6 Å². The maximum Gasteiger partial charge on any atom is 0.182 e. The number of aromatic nitrogens is 3. The molecule has 0 saturated carbocycles. The highest BCUT2D eigenvalue weighted by Crippen LogP contribution is 2.29. The van der Waals surface area contributed by atoms with Crippen LogP contribution in [-0.4, -0.2) is 26.1 Å². The first-order valence-corrected chi connectivity index (χ1v) is 12.6. The lowest BCUT2D eigenvalue weighted by Gasteiger charge is -2.27. The Morgan fingerprint density at radius 1 is 1.00 bits per heavy atom. The summed E-state index contributed by atoms with van der Waals surface area (Å²) in [5.41, 5.74) is 2.31. The van der Waals surface area contributed by atoms with E-state index >= 15 is 0 Å². The highest BCUT2D eigenvalue weighted by molar-refractivity contribution is 14.1. The van der Waals surface area contributed by atoms with E-state index in [2.05, 4.69) is 32.2 Å². The molecular formula is C25H33F2IN6. The largest absolute Gasteiger partial charge is 0.357 e. The summed E-state index contributed by atoms with van der Waals surface area (Å²) in [6.45, 7) is 14.1. The van der Waals surface area contributed by atoms with Gasteiger partial charge in [-0.1, -0.05) is 40.3 Å². The molecule has 3 aromatic rings. The Labute approximate surface area is 215 Å². The molecule has 0 bridgehead atoms. The van der Waals surface area contributed by atoms with Gasteiger partial charge in [0.25, 0.3) is 0 Å². The smallest absolute Gasteiger partial charge is 0.182 e. The molecule has 0 unspecified atom stereocenters. The van der Waals surface area contributed by atoms with E-state index in [9.17, 15) is 8.78 Å². The molecule has 3 heterocycles. The lowest BCUT2D eigenvalue weighted by atomic mass is 10.1. The molecule has 1 fully saturated rings. The number of rotatable bonds is 6. The van der Waals surface area contributed by atoms with E-state index in [4.69, 9.17) is 0 Å². The number of nitrogens with one attached hydrogen (secondary N) is 2. The van der Waals surface area contributed by atoms with Crippen LogP contribution >= 0.6 is 22.9 Å². The van der Waals surface area contributed by atoms with Crippen molar-refractivity contribution in [3.63, 3.8) is 0 Å². The van der Waals surface area contributed by atoms with Crippen LogP contribution in [0.25, 0.3) is 5.70 Å². The normalized spacial score (nSPS) is 12.6. The minimum absolute atomic E-state index is 0.0287. The second-order valence-electron chi connectivity index (χ2n) is 7.06. The molecule has 0 radical (unpaired) electrons. The van der Waals surface area contributed by atoms with Gasteiger partial charge in [0.1, 0.15) is 11.5 Å². The van der Waals surface area contributed by atoms with Crippen LogP contribution in [0.15, 0.2) is 49.3 Å². The van der Waals surface area contributed by atoms with Crippen molar-refractivity contribution in [2.24, 2.45) is 0 Å². The van der Waals surface area contributed by atoms with Gasteiger partial charge in [0.15, 0.2) is 11.6 Å². The van der Waals surface area contributed by atoms with Crippen molar-refractivity contribution in [3.8, 4) is 0 Å². The predicted octanol–water partition coefficient (Wildman–Crippen LogP) is 7.62. The Morgan fingerprint density at radius 2 is 1.71 bits per heavy atom. The molecule has 184 valence electrons. The molecule has 6 nitrogen and oxygen atoms in total. The second kappa shape index (κ2) is 13.9. The van der Waals surface area contributed by atoms with Crippen LogP contribution in [0.5, 0.6) is 0 Å². The van der Waals surface area contributed by atoms with Crippen LogP contribution in [0.2, 0.25) is 0 Å². The topological polar surface area (TPSA) is 58.0 Å². The van der Waals surface area contributed by atoms with Crippen molar-refractivity contribution in [1.82, 2.24) is 13.0 Å². The molecule has 1 saturated heterocycles. The SMILES string of the molecule is C=C(Nc1ccc(N2CCCCC2)nc1)c1nn(I)cc1Nc1cccc(F)c1F.CC.CC. The van der Waals surface area contributed by atoms with E-state index in [1.54, 1.807) is 15.3 Å². The van der Waals surface area contributed by atoms with Crippen molar-refractivity contribution >= 4 is 51.4 Å². The zero-order chi connectivity index (χ0) is 25.1. The molecule has 0 atom stereocenters. The first kappa shape index (κ1) is 27.6. The van der Waals surface area contributed by atoms with E-state index in [1.165, 1.54) is 31.4 Å². The summed E-state index contributed by atoms with van der Waals surface area (Å²) in [6, 6.07) is 7.91. The van der Waals surface area contributed by atoms with Gasteiger partial charge in [-0.2, -0.15) is 5.10 Å². The number of nitrogens with zero attached hydrogens (tertiary/aromatic N) is 4. The predicted molar refractivity (Wildman–Crippen MR) is 147 cm³/mol. The Hall–Kier alpha value is -2.69. The maximum absolute atomic E-state index is 14.0. The zero-order valence-corrected chi connectivity index (χ0v) is 22.4. The number of pyridine rings is 1. The Bertz CT molecular complexity index is 1050. The molecule has 1 aliphatic heterocycles. The highest BCUT2D eigenvalue weighted by atomic mass is 127. The van der Waals surface area contributed by atoms with Crippen molar-refractivity contribution in [1.29, 1.82) is 0 Å². The number of halogens is 3. The standard InChI is InChI=1S/C21H21F2IN6.2C2H6/c1-14(26-15-8-9-19(25-12-15)29-10-3-2-4-11-29)21-18(13-30(24)28-21)27-17-7-5-6-16(22)20(17)23;2*1-2/h5-9,12-13,26-27H,1-4,10-11H2;2*1-2H3. The third-order valence-corrected chi connectivity index (χ3v) is 5.41. The molecule has 0 aliphatic carbocycles. The summed E-state index contributed by atoms with van der Waals surface area (Å²) >= 11 is 1.99. The van der Waals surface area contributed by atoms with Crippen LogP contribution in [0.1, 0.15) is 52.7 Å². The molecule has 4 rings (SSSR count). The van der Waals surface area contributed by atoms with Gasteiger partial charge in [0.2, 0.25) is 0 Å². The molecule has 0 amide bonds. The van der Waals surface area contributed by atoms with Crippen molar-refractivity contribution in [3.05, 3.63) is 66.6 Å². The highest BCUT2D eigenvalue weighted by Gasteiger charge is 2.16. The zero-order valence-electron chi connectivity index (χ0n) is 20.2. The molecule has 34 heavy (non-hydrogen) atoms. The molecule has 2 aromatic heterocycles. The maximum atomic E-state index is 14.0. The summed E-state index contributed by atoms with van der Waals surface area (Å²) in [5.74, 6) is -0.896.